The summed E-state index contributed by atoms with van der Waals surface area (Å²) >= 11 is 5.45. The van der Waals surface area contributed by atoms with Crippen LogP contribution in [0.25, 0.3) is 10.9 Å². The molecule has 21 heavy (non-hydrogen) atoms. The van der Waals surface area contributed by atoms with Crippen molar-refractivity contribution in [3.8, 4) is 0 Å². The molecule has 0 saturated carbocycles. The molecule has 3 aromatic rings. The van der Waals surface area contributed by atoms with Crippen molar-refractivity contribution in [2.24, 2.45) is 0 Å². The third-order valence-electron chi connectivity index (χ3n) is 3.14. The largest absolute Gasteiger partial charge is 0.360 e. The van der Waals surface area contributed by atoms with E-state index in [0.29, 0.717) is 10.9 Å². The summed E-state index contributed by atoms with van der Waals surface area (Å²) in [5.41, 5.74) is 0.0981. The lowest BCUT2D eigenvalue weighted by molar-refractivity contribution is 0.103. The third-order valence-corrected chi connectivity index (χ3v) is 3.43. The molecule has 0 amide bonds. The van der Waals surface area contributed by atoms with Crippen LogP contribution in [0.3, 0.4) is 0 Å². The number of hydrogen-bond acceptors (Lipinski definition) is 1. The van der Waals surface area contributed by atoms with Gasteiger partial charge in [0.2, 0.25) is 0 Å². The topological polar surface area (TPSA) is 32.9 Å². The van der Waals surface area contributed by atoms with Gasteiger partial charge >= 0.3 is 0 Å². The summed E-state index contributed by atoms with van der Waals surface area (Å²) in [6.45, 7) is 0. The molecule has 0 atom stereocenters. The molecule has 1 N–H and O–H groups in total. The van der Waals surface area contributed by atoms with E-state index in [1.165, 1.54) is 24.4 Å². The highest BCUT2D eigenvalue weighted by atomic mass is 35.5. The SMILES string of the molecule is O=C(c1cc(F)c(Cl)cc1F)c1c[nH]c2cc(F)ccc12. The van der Waals surface area contributed by atoms with E-state index >= 15 is 0 Å². The standard InChI is InChI=1S/C15H7ClF3NO/c16-11-5-12(18)9(4-13(11)19)15(21)10-6-20-14-3-7(17)1-2-8(10)14/h1-6,20H. The number of H-pyrrole nitrogens is 1. The molecule has 0 radical (unpaired) electrons. The maximum Gasteiger partial charge on any atom is 0.198 e. The normalized spacial score (nSPS) is 11.0. The van der Waals surface area contributed by atoms with Crippen molar-refractivity contribution >= 4 is 28.3 Å². The van der Waals surface area contributed by atoms with Crippen LogP contribution < -0.4 is 0 Å². The molecule has 6 heteroatoms. The van der Waals surface area contributed by atoms with Crippen molar-refractivity contribution in [1.82, 2.24) is 4.98 Å². The number of hydrogen-bond donors (Lipinski definition) is 1. The smallest absolute Gasteiger partial charge is 0.198 e. The molecule has 0 spiro atoms. The molecule has 0 fully saturated rings. The van der Waals surface area contributed by atoms with Gasteiger partial charge in [-0.3, -0.25) is 4.79 Å². The molecule has 0 aliphatic rings. The number of rotatable bonds is 2. The molecular weight excluding hydrogens is 303 g/mol. The van der Waals surface area contributed by atoms with Crippen LogP contribution in [-0.4, -0.2) is 10.8 Å². The predicted octanol–water partition coefficient (Wildman–Crippen LogP) is 4.47. The van der Waals surface area contributed by atoms with Gasteiger partial charge in [-0.05, 0) is 30.3 Å². The van der Waals surface area contributed by atoms with Crippen LogP contribution in [0.15, 0.2) is 36.5 Å². The first-order valence-electron chi connectivity index (χ1n) is 5.93. The monoisotopic (exact) mass is 309 g/mol. The number of carbonyl (C=O) groups is 1. The van der Waals surface area contributed by atoms with E-state index in [0.717, 1.165) is 12.1 Å². The molecule has 2 nitrogen and oxygen atoms in total. The minimum Gasteiger partial charge on any atom is -0.360 e. The van der Waals surface area contributed by atoms with Crippen molar-refractivity contribution in [3.05, 3.63) is 70.1 Å². The van der Waals surface area contributed by atoms with Gasteiger partial charge in [-0.2, -0.15) is 0 Å². The lowest BCUT2D eigenvalue weighted by Gasteiger charge is -2.03. The van der Waals surface area contributed by atoms with Gasteiger partial charge in [0, 0.05) is 22.7 Å². The Hall–Kier alpha value is -2.27. The highest BCUT2D eigenvalue weighted by Crippen LogP contribution is 2.25. The van der Waals surface area contributed by atoms with Crippen molar-refractivity contribution in [3.63, 3.8) is 0 Å². The maximum atomic E-state index is 13.8. The Morgan fingerprint density at radius 2 is 1.76 bits per heavy atom. The van der Waals surface area contributed by atoms with Gasteiger partial charge in [0.25, 0.3) is 0 Å². The van der Waals surface area contributed by atoms with Crippen LogP contribution in [0.4, 0.5) is 13.2 Å². The second-order valence-corrected chi connectivity index (χ2v) is 4.87. The Morgan fingerprint density at radius 1 is 1.00 bits per heavy atom. The molecule has 1 heterocycles. The first kappa shape index (κ1) is 13.7. The number of aromatic nitrogens is 1. The van der Waals surface area contributed by atoms with E-state index in [1.807, 2.05) is 0 Å². The van der Waals surface area contributed by atoms with Gasteiger partial charge < -0.3 is 4.98 Å². The summed E-state index contributed by atoms with van der Waals surface area (Å²) in [7, 11) is 0. The van der Waals surface area contributed by atoms with Crippen molar-refractivity contribution < 1.29 is 18.0 Å². The lowest BCUT2D eigenvalue weighted by atomic mass is 10.0. The van der Waals surface area contributed by atoms with Gasteiger partial charge in [-0.25, -0.2) is 13.2 Å². The van der Waals surface area contributed by atoms with E-state index in [9.17, 15) is 18.0 Å². The summed E-state index contributed by atoms with van der Waals surface area (Å²) in [6.07, 6.45) is 1.33. The van der Waals surface area contributed by atoms with E-state index < -0.39 is 33.8 Å². The molecule has 2 aromatic carbocycles. The van der Waals surface area contributed by atoms with Gasteiger partial charge in [0.1, 0.15) is 17.5 Å². The Kier molecular flexibility index (Phi) is 3.22. The third kappa shape index (κ3) is 2.29. The minimum atomic E-state index is -0.914. The van der Waals surface area contributed by atoms with Crippen LogP contribution >= 0.6 is 11.6 Å². The van der Waals surface area contributed by atoms with E-state index in [2.05, 4.69) is 4.98 Å². The summed E-state index contributed by atoms with van der Waals surface area (Å²) in [4.78, 5) is 15.0. The fourth-order valence-electron chi connectivity index (χ4n) is 2.13. The zero-order chi connectivity index (χ0) is 15.1. The zero-order valence-corrected chi connectivity index (χ0v) is 11.1. The molecule has 0 unspecified atom stereocenters. The first-order chi connectivity index (χ1) is 9.97. The van der Waals surface area contributed by atoms with Crippen molar-refractivity contribution in [2.45, 2.75) is 0 Å². The van der Waals surface area contributed by atoms with Gasteiger partial charge in [-0.15, -0.1) is 0 Å². The number of fused-ring (bicyclic) bond motifs is 1. The second-order valence-electron chi connectivity index (χ2n) is 4.47. The number of halogens is 4. The first-order valence-corrected chi connectivity index (χ1v) is 6.31. The van der Waals surface area contributed by atoms with Gasteiger partial charge in [-0.1, -0.05) is 11.6 Å². The maximum absolute atomic E-state index is 13.8. The highest BCUT2D eigenvalue weighted by Gasteiger charge is 2.20. The summed E-state index contributed by atoms with van der Waals surface area (Å²) < 4.78 is 40.3. The number of aromatic amines is 1. The Bertz CT molecular complexity index is 873. The molecule has 3 rings (SSSR count). The molecule has 0 bridgehead atoms. The summed E-state index contributed by atoms with van der Waals surface area (Å²) in [6, 6.07) is 5.30. The van der Waals surface area contributed by atoms with Crippen LogP contribution in [-0.2, 0) is 0 Å². The highest BCUT2D eigenvalue weighted by molar-refractivity contribution is 6.31. The molecule has 0 aliphatic carbocycles. The van der Waals surface area contributed by atoms with Crippen LogP contribution in [0.1, 0.15) is 15.9 Å². The fourth-order valence-corrected chi connectivity index (χ4v) is 2.28. The fraction of sp³-hybridized carbons (Fsp3) is 0. The molecule has 1 aromatic heterocycles. The van der Waals surface area contributed by atoms with E-state index in [-0.39, 0.29) is 5.56 Å². The number of nitrogens with one attached hydrogen (secondary N) is 1. The lowest BCUT2D eigenvalue weighted by Crippen LogP contribution is -2.04. The van der Waals surface area contributed by atoms with Crippen LogP contribution in [0, 0.1) is 17.5 Å². The summed E-state index contributed by atoms with van der Waals surface area (Å²) in [5, 5.41) is 0.0289. The average Bonchev–Trinajstić information content (AvgIpc) is 2.85. The zero-order valence-electron chi connectivity index (χ0n) is 10.4. The molecule has 0 aliphatic heterocycles. The van der Waals surface area contributed by atoms with Crippen molar-refractivity contribution in [2.75, 3.05) is 0 Å². The van der Waals surface area contributed by atoms with Crippen molar-refractivity contribution in [1.29, 1.82) is 0 Å². The average molecular weight is 310 g/mol. The van der Waals surface area contributed by atoms with Gasteiger partial charge in [0.05, 0.1) is 10.6 Å². The second kappa shape index (κ2) is 4.93. The van der Waals surface area contributed by atoms with E-state index in [1.54, 1.807) is 0 Å². The van der Waals surface area contributed by atoms with E-state index in [4.69, 9.17) is 11.6 Å². The molecular formula is C15H7ClF3NO. The number of benzene rings is 2. The Balaban J connectivity index is 2.15. The quantitative estimate of drug-likeness (QED) is 0.550. The van der Waals surface area contributed by atoms with Gasteiger partial charge in [0.15, 0.2) is 5.78 Å². The summed E-state index contributed by atoms with van der Waals surface area (Å²) in [5.74, 6) is -2.97. The molecule has 0 saturated heterocycles. The molecule has 106 valence electrons. The van der Waals surface area contributed by atoms with Crippen LogP contribution in [0.5, 0.6) is 0 Å². The Labute approximate surface area is 122 Å². The number of ketones is 1. The predicted molar refractivity (Wildman–Crippen MR) is 73.1 cm³/mol. The number of carbonyl (C=O) groups excluding carboxylic acids is 1. The minimum absolute atomic E-state index is 0.130. The van der Waals surface area contributed by atoms with Crippen LogP contribution in [0.2, 0.25) is 5.02 Å². The Morgan fingerprint density at radius 3 is 2.52 bits per heavy atom.